The summed E-state index contributed by atoms with van der Waals surface area (Å²) in [4.78, 5) is 0. The van der Waals surface area contributed by atoms with Gasteiger partial charge in [0.25, 0.3) is 0 Å². The van der Waals surface area contributed by atoms with E-state index in [-0.39, 0.29) is 0 Å². The Hall–Kier alpha value is -0.0800. The molecular formula is C11H23NO. The first kappa shape index (κ1) is 11.0. The summed E-state index contributed by atoms with van der Waals surface area (Å²) in [5.41, 5.74) is 5.75. The summed E-state index contributed by atoms with van der Waals surface area (Å²) < 4.78 is 5.82. The van der Waals surface area contributed by atoms with Crippen LogP contribution < -0.4 is 5.73 Å². The summed E-state index contributed by atoms with van der Waals surface area (Å²) in [6.45, 7) is 6.26. The number of rotatable bonds is 4. The van der Waals surface area contributed by atoms with Crippen molar-refractivity contribution in [1.29, 1.82) is 0 Å². The molecular weight excluding hydrogens is 162 g/mol. The summed E-state index contributed by atoms with van der Waals surface area (Å²) in [5.74, 6) is 1.29. The molecule has 78 valence electrons. The molecule has 3 atom stereocenters. The van der Waals surface area contributed by atoms with Gasteiger partial charge in [-0.05, 0) is 37.6 Å². The van der Waals surface area contributed by atoms with E-state index in [1.165, 1.54) is 25.7 Å². The minimum absolute atomic E-state index is 0.429. The van der Waals surface area contributed by atoms with Crippen LogP contribution in [0.1, 0.15) is 39.5 Å². The van der Waals surface area contributed by atoms with Gasteiger partial charge in [-0.25, -0.2) is 0 Å². The second-order valence-corrected chi connectivity index (χ2v) is 4.24. The zero-order valence-electron chi connectivity index (χ0n) is 8.96. The Morgan fingerprint density at radius 1 is 1.54 bits per heavy atom. The average molecular weight is 185 g/mol. The number of hydrogen-bond donors (Lipinski definition) is 1. The lowest BCUT2D eigenvalue weighted by molar-refractivity contribution is -0.0553. The fraction of sp³-hybridized carbons (Fsp3) is 1.00. The summed E-state index contributed by atoms with van der Waals surface area (Å²) in [6, 6.07) is 0. The van der Waals surface area contributed by atoms with E-state index in [2.05, 4.69) is 13.8 Å². The Balaban J connectivity index is 2.43. The van der Waals surface area contributed by atoms with Gasteiger partial charge in [0.2, 0.25) is 0 Å². The molecule has 1 fully saturated rings. The Labute approximate surface area is 81.8 Å². The first-order valence-corrected chi connectivity index (χ1v) is 5.61. The van der Waals surface area contributed by atoms with E-state index in [4.69, 9.17) is 10.5 Å². The Morgan fingerprint density at radius 2 is 2.31 bits per heavy atom. The molecule has 1 aliphatic rings. The molecule has 2 N–H and O–H groups in total. The molecule has 0 saturated carbocycles. The van der Waals surface area contributed by atoms with Crippen molar-refractivity contribution in [3.63, 3.8) is 0 Å². The SMILES string of the molecule is CCCC(C)C1OCCCC1CN. The van der Waals surface area contributed by atoms with Crippen molar-refractivity contribution in [2.24, 2.45) is 17.6 Å². The maximum absolute atomic E-state index is 5.82. The maximum atomic E-state index is 5.82. The molecule has 0 amide bonds. The van der Waals surface area contributed by atoms with Crippen molar-refractivity contribution in [3.05, 3.63) is 0 Å². The maximum Gasteiger partial charge on any atom is 0.0640 e. The summed E-state index contributed by atoms with van der Waals surface area (Å²) in [5, 5.41) is 0. The summed E-state index contributed by atoms with van der Waals surface area (Å²) in [6.07, 6.45) is 5.39. The lowest BCUT2D eigenvalue weighted by Gasteiger charge is -2.35. The van der Waals surface area contributed by atoms with Crippen LogP contribution in [0.3, 0.4) is 0 Å². The van der Waals surface area contributed by atoms with Crippen LogP contribution in [0, 0.1) is 11.8 Å². The van der Waals surface area contributed by atoms with Gasteiger partial charge in [-0.3, -0.25) is 0 Å². The largest absolute Gasteiger partial charge is 0.378 e. The average Bonchev–Trinajstić information content (AvgIpc) is 2.18. The van der Waals surface area contributed by atoms with Crippen molar-refractivity contribution in [3.8, 4) is 0 Å². The minimum Gasteiger partial charge on any atom is -0.378 e. The van der Waals surface area contributed by atoms with E-state index in [0.717, 1.165) is 13.2 Å². The molecule has 3 unspecified atom stereocenters. The van der Waals surface area contributed by atoms with Crippen molar-refractivity contribution in [2.45, 2.75) is 45.6 Å². The van der Waals surface area contributed by atoms with Gasteiger partial charge in [0.1, 0.15) is 0 Å². The second-order valence-electron chi connectivity index (χ2n) is 4.24. The fourth-order valence-corrected chi connectivity index (χ4v) is 2.37. The van der Waals surface area contributed by atoms with Gasteiger partial charge in [0.05, 0.1) is 6.10 Å². The van der Waals surface area contributed by atoms with E-state index in [1.54, 1.807) is 0 Å². The fourth-order valence-electron chi connectivity index (χ4n) is 2.37. The molecule has 0 spiro atoms. The number of nitrogens with two attached hydrogens (primary N) is 1. The van der Waals surface area contributed by atoms with Crippen LogP contribution in [-0.4, -0.2) is 19.3 Å². The Bertz CT molecular complexity index is 138. The minimum atomic E-state index is 0.429. The second kappa shape index (κ2) is 5.61. The molecule has 1 aliphatic heterocycles. The van der Waals surface area contributed by atoms with Crippen LogP contribution in [0.25, 0.3) is 0 Å². The molecule has 0 aliphatic carbocycles. The van der Waals surface area contributed by atoms with Gasteiger partial charge < -0.3 is 10.5 Å². The van der Waals surface area contributed by atoms with Crippen molar-refractivity contribution in [2.75, 3.05) is 13.2 Å². The zero-order valence-corrected chi connectivity index (χ0v) is 8.96. The molecule has 13 heavy (non-hydrogen) atoms. The summed E-state index contributed by atoms with van der Waals surface area (Å²) >= 11 is 0. The molecule has 1 rings (SSSR count). The van der Waals surface area contributed by atoms with E-state index < -0.39 is 0 Å². The lowest BCUT2D eigenvalue weighted by atomic mass is 9.85. The van der Waals surface area contributed by atoms with Crippen molar-refractivity contribution >= 4 is 0 Å². The van der Waals surface area contributed by atoms with Crippen LogP contribution in [0.4, 0.5) is 0 Å². The lowest BCUT2D eigenvalue weighted by Crippen LogP contribution is -2.38. The molecule has 0 bridgehead atoms. The quantitative estimate of drug-likeness (QED) is 0.728. The van der Waals surface area contributed by atoms with Gasteiger partial charge in [-0.2, -0.15) is 0 Å². The molecule has 1 heterocycles. The molecule has 0 aromatic rings. The molecule has 0 aromatic heterocycles. The highest BCUT2D eigenvalue weighted by Gasteiger charge is 2.28. The van der Waals surface area contributed by atoms with E-state index in [1.807, 2.05) is 0 Å². The van der Waals surface area contributed by atoms with Crippen molar-refractivity contribution in [1.82, 2.24) is 0 Å². The number of ether oxygens (including phenoxy) is 1. The zero-order chi connectivity index (χ0) is 9.68. The first-order valence-electron chi connectivity index (χ1n) is 5.61. The third-order valence-electron chi connectivity index (χ3n) is 3.10. The predicted octanol–water partition coefficient (Wildman–Crippen LogP) is 2.18. The molecule has 0 radical (unpaired) electrons. The van der Waals surface area contributed by atoms with Crippen LogP contribution in [-0.2, 0) is 4.74 Å². The smallest absolute Gasteiger partial charge is 0.0640 e. The van der Waals surface area contributed by atoms with Gasteiger partial charge in [-0.1, -0.05) is 20.3 Å². The van der Waals surface area contributed by atoms with Crippen LogP contribution in [0.2, 0.25) is 0 Å². The van der Waals surface area contributed by atoms with E-state index in [9.17, 15) is 0 Å². The third kappa shape index (κ3) is 2.96. The third-order valence-corrected chi connectivity index (χ3v) is 3.10. The van der Waals surface area contributed by atoms with Crippen LogP contribution in [0.15, 0.2) is 0 Å². The van der Waals surface area contributed by atoms with Gasteiger partial charge in [0, 0.05) is 6.61 Å². The van der Waals surface area contributed by atoms with Crippen molar-refractivity contribution < 1.29 is 4.74 Å². The highest BCUT2D eigenvalue weighted by Crippen LogP contribution is 2.27. The van der Waals surface area contributed by atoms with Crippen LogP contribution >= 0.6 is 0 Å². The van der Waals surface area contributed by atoms with Gasteiger partial charge in [-0.15, -0.1) is 0 Å². The van der Waals surface area contributed by atoms with Gasteiger partial charge in [0.15, 0.2) is 0 Å². The van der Waals surface area contributed by atoms with E-state index >= 15 is 0 Å². The monoisotopic (exact) mass is 185 g/mol. The van der Waals surface area contributed by atoms with E-state index in [0.29, 0.717) is 17.9 Å². The normalized spacial score (nSPS) is 31.6. The molecule has 2 heteroatoms. The Kier molecular flexibility index (Phi) is 4.74. The molecule has 1 saturated heterocycles. The standard InChI is InChI=1S/C11H23NO/c1-3-5-9(2)11-10(8-12)6-4-7-13-11/h9-11H,3-8,12H2,1-2H3. The van der Waals surface area contributed by atoms with Gasteiger partial charge >= 0.3 is 0 Å². The molecule has 2 nitrogen and oxygen atoms in total. The highest BCUT2D eigenvalue weighted by atomic mass is 16.5. The van der Waals surface area contributed by atoms with Crippen LogP contribution in [0.5, 0.6) is 0 Å². The topological polar surface area (TPSA) is 35.2 Å². The summed E-state index contributed by atoms with van der Waals surface area (Å²) in [7, 11) is 0. The molecule has 0 aromatic carbocycles. The first-order chi connectivity index (χ1) is 6.29. The highest BCUT2D eigenvalue weighted by molar-refractivity contribution is 4.79. The number of hydrogen-bond acceptors (Lipinski definition) is 2. The predicted molar refractivity (Wildman–Crippen MR) is 55.6 cm³/mol. The Morgan fingerprint density at radius 3 is 2.92 bits per heavy atom.